The number of carbonyl (C=O) groups is 3. The maximum atomic E-state index is 12.3. The first-order chi connectivity index (χ1) is 13.4. The quantitative estimate of drug-likeness (QED) is 0.399. The summed E-state index contributed by atoms with van der Waals surface area (Å²) in [7, 11) is 1.47. The van der Waals surface area contributed by atoms with Gasteiger partial charge < -0.3 is 14.2 Å². The van der Waals surface area contributed by atoms with E-state index >= 15 is 0 Å². The number of halogens is 1. The van der Waals surface area contributed by atoms with Gasteiger partial charge in [-0.05, 0) is 49.4 Å². The van der Waals surface area contributed by atoms with Crippen LogP contribution < -0.4 is 9.47 Å². The number of hydrogen-bond acceptors (Lipinski definition) is 6. The molecule has 7 heteroatoms. The van der Waals surface area contributed by atoms with E-state index in [0.717, 1.165) is 4.47 Å². The van der Waals surface area contributed by atoms with E-state index in [4.69, 9.17) is 14.2 Å². The second kappa shape index (κ2) is 10.6. The van der Waals surface area contributed by atoms with Gasteiger partial charge in [0.25, 0.3) is 0 Å². The van der Waals surface area contributed by atoms with E-state index in [0.29, 0.717) is 29.2 Å². The average molecular weight is 449 g/mol. The number of ketones is 2. The number of rotatable bonds is 10. The molecule has 0 radical (unpaired) electrons. The van der Waals surface area contributed by atoms with Crippen molar-refractivity contribution in [1.29, 1.82) is 0 Å². The molecule has 0 aliphatic rings. The molecule has 0 spiro atoms. The molecular weight excluding hydrogens is 428 g/mol. The molecule has 28 heavy (non-hydrogen) atoms. The molecule has 148 valence electrons. The van der Waals surface area contributed by atoms with Crippen LogP contribution in [0.4, 0.5) is 0 Å². The van der Waals surface area contributed by atoms with E-state index in [2.05, 4.69) is 15.9 Å². The Bertz CT molecular complexity index is 844. The fourth-order valence-electron chi connectivity index (χ4n) is 2.45. The predicted octanol–water partition coefficient (Wildman–Crippen LogP) is 4.25. The summed E-state index contributed by atoms with van der Waals surface area (Å²) in [4.78, 5) is 36.3. The highest BCUT2D eigenvalue weighted by molar-refractivity contribution is 9.10. The zero-order valence-corrected chi connectivity index (χ0v) is 17.3. The Morgan fingerprint density at radius 3 is 2.32 bits per heavy atom. The normalized spacial score (nSPS) is 10.2. The predicted molar refractivity (Wildman–Crippen MR) is 107 cm³/mol. The van der Waals surface area contributed by atoms with Crippen LogP contribution in [0.3, 0.4) is 0 Å². The van der Waals surface area contributed by atoms with Crippen molar-refractivity contribution >= 4 is 33.5 Å². The Balaban J connectivity index is 1.83. The van der Waals surface area contributed by atoms with E-state index in [9.17, 15) is 14.4 Å². The van der Waals surface area contributed by atoms with Gasteiger partial charge in [-0.3, -0.25) is 14.4 Å². The molecule has 0 N–H and O–H groups in total. The summed E-state index contributed by atoms with van der Waals surface area (Å²) >= 11 is 3.31. The van der Waals surface area contributed by atoms with Gasteiger partial charge in [0.1, 0.15) is 11.5 Å². The Labute approximate surface area is 171 Å². The molecule has 0 aromatic heterocycles. The second-order valence-corrected chi connectivity index (χ2v) is 6.72. The molecule has 0 saturated carbocycles. The molecule has 0 amide bonds. The molecule has 0 aliphatic heterocycles. The number of hydrogen-bond donors (Lipinski definition) is 0. The Kier molecular flexibility index (Phi) is 8.19. The topological polar surface area (TPSA) is 78.9 Å². The molecule has 0 fully saturated rings. The molecule has 2 rings (SSSR count). The van der Waals surface area contributed by atoms with E-state index < -0.39 is 5.97 Å². The highest BCUT2D eigenvalue weighted by Gasteiger charge is 2.16. The van der Waals surface area contributed by atoms with Crippen LogP contribution in [0.15, 0.2) is 46.9 Å². The lowest BCUT2D eigenvalue weighted by atomic mass is 10.1. The SMILES string of the molecule is CCOc1ccc(C(=O)COC(=O)CCC(=O)c2cc(Br)ccc2OC)cc1. The lowest BCUT2D eigenvalue weighted by Crippen LogP contribution is -2.15. The van der Waals surface area contributed by atoms with Gasteiger partial charge in [-0.15, -0.1) is 0 Å². The minimum atomic E-state index is -0.610. The van der Waals surface area contributed by atoms with Gasteiger partial charge in [0.2, 0.25) is 0 Å². The van der Waals surface area contributed by atoms with Crippen molar-refractivity contribution in [3.63, 3.8) is 0 Å². The van der Waals surface area contributed by atoms with Crippen LogP contribution in [0.5, 0.6) is 11.5 Å². The minimum absolute atomic E-state index is 0.0388. The summed E-state index contributed by atoms with van der Waals surface area (Å²) in [6.45, 7) is 2.03. The average Bonchev–Trinajstić information content (AvgIpc) is 2.71. The molecule has 0 unspecified atom stereocenters. The number of methoxy groups -OCH3 is 1. The third-order valence-electron chi connectivity index (χ3n) is 3.87. The fraction of sp³-hybridized carbons (Fsp3) is 0.286. The van der Waals surface area contributed by atoms with Crippen LogP contribution in [0, 0.1) is 0 Å². The van der Waals surface area contributed by atoms with Crippen LogP contribution in [-0.2, 0) is 9.53 Å². The van der Waals surface area contributed by atoms with Crippen LogP contribution in [-0.4, -0.2) is 37.9 Å². The first-order valence-corrected chi connectivity index (χ1v) is 9.52. The fourth-order valence-corrected chi connectivity index (χ4v) is 2.81. The lowest BCUT2D eigenvalue weighted by molar-refractivity contribution is -0.142. The Hall–Kier alpha value is -2.67. The van der Waals surface area contributed by atoms with Gasteiger partial charge in [-0.2, -0.15) is 0 Å². The Morgan fingerprint density at radius 2 is 1.68 bits per heavy atom. The first kappa shape index (κ1) is 21.6. The van der Waals surface area contributed by atoms with Crippen molar-refractivity contribution in [2.45, 2.75) is 19.8 Å². The standard InChI is InChI=1S/C21H21BrO6/c1-3-27-16-7-4-14(5-8-16)19(24)13-28-21(25)11-9-18(23)17-12-15(22)6-10-20(17)26-2/h4-8,10,12H,3,9,11,13H2,1-2H3. The number of Topliss-reactive ketones (excluding diaryl/α,β-unsaturated/α-hetero) is 2. The maximum Gasteiger partial charge on any atom is 0.306 e. The van der Waals surface area contributed by atoms with E-state index in [-0.39, 0.29) is 31.0 Å². The van der Waals surface area contributed by atoms with Crippen LogP contribution in [0.25, 0.3) is 0 Å². The molecule has 2 aromatic carbocycles. The molecule has 0 heterocycles. The van der Waals surface area contributed by atoms with Crippen molar-refractivity contribution in [2.75, 3.05) is 20.3 Å². The zero-order valence-electron chi connectivity index (χ0n) is 15.7. The van der Waals surface area contributed by atoms with Gasteiger partial charge in [-0.1, -0.05) is 15.9 Å². The number of esters is 1. The van der Waals surface area contributed by atoms with Crippen molar-refractivity contribution < 1.29 is 28.6 Å². The second-order valence-electron chi connectivity index (χ2n) is 5.81. The lowest BCUT2D eigenvalue weighted by Gasteiger charge is -2.08. The minimum Gasteiger partial charge on any atom is -0.496 e. The molecule has 0 atom stereocenters. The molecule has 0 aliphatic carbocycles. The number of carbonyl (C=O) groups excluding carboxylic acids is 3. The number of ether oxygens (including phenoxy) is 3. The van der Waals surface area contributed by atoms with Gasteiger partial charge in [0.05, 0.1) is 25.7 Å². The summed E-state index contributed by atoms with van der Waals surface area (Å²) in [5.41, 5.74) is 0.807. The number of benzene rings is 2. The van der Waals surface area contributed by atoms with Crippen molar-refractivity contribution in [3.8, 4) is 11.5 Å². The summed E-state index contributed by atoms with van der Waals surface area (Å²) in [6.07, 6.45) is -0.159. The van der Waals surface area contributed by atoms with Crippen LogP contribution in [0.1, 0.15) is 40.5 Å². The van der Waals surface area contributed by atoms with Crippen molar-refractivity contribution in [3.05, 3.63) is 58.1 Å². The van der Waals surface area contributed by atoms with Crippen LogP contribution >= 0.6 is 15.9 Å². The smallest absolute Gasteiger partial charge is 0.306 e. The monoisotopic (exact) mass is 448 g/mol. The van der Waals surface area contributed by atoms with Crippen molar-refractivity contribution in [1.82, 2.24) is 0 Å². The third kappa shape index (κ3) is 6.20. The van der Waals surface area contributed by atoms with E-state index in [1.165, 1.54) is 7.11 Å². The molecular formula is C21H21BrO6. The summed E-state index contributed by atoms with van der Waals surface area (Å²) in [6, 6.07) is 11.7. The third-order valence-corrected chi connectivity index (χ3v) is 4.36. The largest absolute Gasteiger partial charge is 0.496 e. The highest BCUT2D eigenvalue weighted by atomic mass is 79.9. The van der Waals surface area contributed by atoms with Gasteiger partial charge in [0.15, 0.2) is 18.2 Å². The molecule has 6 nitrogen and oxygen atoms in total. The molecule has 2 aromatic rings. The summed E-state index contributed by atoms with van der Waals surface area (Å²) < 4.78 is 16.2. The molecule has 0 bridgehead atoms. The zero-order chi connectivity index (χ0) is 20.5. The van der Waals surface area contributed by atoms with Crippen LogP contribution in [0.2, 0.25) is 0 Å². The van der Waals surface area contributed by atoms with E-state index in [1.54, 1.807) is 42.5 Å². The van der Waals surface area contributed by atoms with Crippen molar-refractivity contribution in [2.24, 2.45) is 0 Å². The highest BCUT2D eigenvalue weighted by Crippen LogP contribution is 2.24. The van der Waals surface area contributed by atoms with Gasteiger partial charge >= 0.3 is 5.97 Å². The summed E-state index contributed by atoms with van der Waals surface area (Å²) in [5, 5.41) is 0. The summed E-state index contributed by atoms with van der Waals surface area (Å²) in [5.74, 6) is -0.0734. The van der Waals surface area contributed by atoms with Gasteiger partial charge in [0, 0.05) is 16.5 Å². The van der Waals surface area contributed by atoms with Gasteiger partial charge in [-0.25, -0.2) is 0 Å². The maximum absolute atomic E-state index is 12.3. The molecule has 0 saturated heterocycles. The van der Waals surface area contributed by atoms with E-state index in [1.807, 2.05) is 6.92 Å². The Morgan fingerprint density at radius 1 is 0.964 bits per heavy atom. The first-order valence-electron chi connectivity index (χ1n) is 8.73.